The molecule has 6 nitrogen and oxygen atoms in total. The van der Waals surface area contributed by atoms with Crippen molar-refractivity contribution in [1.29, 1.82) is 0 Å². The lowest BCUT2D eigenvalue weighted by Crippen LogP contribution is -2.11. The van der Waals surface area contributed by atoms with Gasteiger partial charge < -0.3 is 13.9 Å². The molecule has 0 unspecified atom stereocenters. The van der Waals surface area contributed by atoms with E-state index in [-0.39, 0.29) is 0 Å². The molecule has 2 aliphatic heterocycles. The lowest BCUT2D eigenvalue weighted by atomic mass is 10.0. The molecule has 3 heterocycles. The summed E-state index contributed by atoms with van der Waals surface area (Å²) in [5.74, 6) is -0.0973. The van der Waals surface area contributed by atoms with Crippen molar-refractivity contribution < 1.29 is 13.5 Å². The van der Waals surface area contributed by atoms with Gasteiger partial charge in [0.25, 0.3) is 0 Å². The van der Waals surface area contributed by atoms with E-state index >= 15 is 0 Å². The molecule has 1 atom stereocenters. The van der Waals surface area contributed by atoms with Gasteiger partial charge in [0, 0.05) is 29.6 Å². The molecule has 0 spiro atoms. The predicted molar refractivity (Wildman–Crippen MR) is 126 cm³/mol. The summed E-state index contributed by atoms with van der Waals surface area (Å²) in [6, 6.07) is 10.5. The van der Waals surface area contributed by atoms with E-state index in [1.165, 1.54) is 12.1 Å². The number of hydrogen-bond acceptors (Lipinski definition) is 4. The molecule has 0 bridgehead atoms. The van der Waals surface area contributed by atoms with Gasteiger partial charge in [-0.1, -0.05) is 17.7 Å². The Balaban J connectivity index is 1.58. The van der Waals surface area contributed by atoms with Crippen molar-refractivity contribution in [2.24, 2.45) is 0 Å². The summed E-state index contributed by atoms with van der Waals surface area (Å²) in [6.45, 7) is 3.74. The highest BCUT2D eigenvalue weighted by molar-refractivity contribution is 6.30. The van der Waals surface area contributed by atoms with Crippen LogP contribution >= 0.6 is 11.6 Å². The van der Waals surface area contributed by atoms with Crippen LogP contribution in [0.4, 0.5) is 8.78 Å². The number of aryl methyl sites for hydroxylation is 1. The van der Waals surface area contributed by atoms with Crippen LogP contribution in [0.3, 0.4) is 0 Å². The second-order valence-electron chi connectivity index (χ2n) is 8.04. The zero-order valence-corrected chi connectivity index (χ0v) is 19.4. The monoisotopic (exact) mass is 479 g/mol. The number of methoxy groups -OCH3 is 1. The number of hydrogen-bond donors (Lipinski definition) is 0. The van der Waals surface area contributed by atoms with Crippen LogP contribution in [0.25, 0.3) is 28.3 Å². The number of benzene rings is 2. The topological polar surface area (TPSA) is 57.8 Å². The maximum atomic E-state index is 13.8. The van der Waals surface area contributed by atoms with Gasteiger partial charge in [-0.05, 0) is 49.7 Å². The fraction of sp³-hybridized carbons (Fsp3) is 0.160. The summed E-state index contributed by atoms with van der Waals surface area (Å²) in [5, 5.41) is 9.23. The Morgan fingerprint density at radius 2 is 1.76 bits per heavy atom. The van der Waals surface area contributed by atoms with Gasteiger partial charge in [-0.3, -0.25) is 0 Å². The van der Waals surface area contributed by atoms with E-state index in [0.717, 1.165) is 23.0 Å². The predicted octanol–water partition coefficient (Wildman–Crippen LogP) is 6.09. The van der Waals surface area contributed by atoms with Crippen molar-refractivity contribution in [3.63, 3.8) is 0 Å². The number of rotatable bonds is 5. The van der Waals surface area contributed by atoms with Crippen LogP contribution in [0, 0.1) is 18.6 Å². The molecule has 2 aromatic carbocycles. The van der Waals surface area contributed by atoms with Crippen LogP contribution in [0.2, 0.25) is 5.02 Å². The Bertz CT molecular complexity index is 1460. The third-order valence-corrected chi connectivity index (χ3v) is 5.96. The zero-order valence-electron chi connectivity index (χ0n) is 18.6. The van der Waals surface area contributed by atoms with Crippen molar-refractivity contribution >= 4 is 11.6 Å². The Hall–Kier alpha value is -3.78. The average Bonchev–Trinajstić information content (AvgIpc) is 3.43. The molecule has 0 fully saturated rings. The molecule has 0 radical (unpaired) electrons. The maximum Gasteiger partial charge on any atom is 0.165 e. The Morgan fingerprint density at radius 1 is 1.00 bits per heavy atom. The SMILES string of the molecule is COc1cc(-c2nnc3n([C@H](C)c4cc(F)cc(F)c4)cc(Cl)cc2-3)ccc1-n1cnc(C)c1. The Labute approximate surface area is 199 Å². The highest BCUT2D eigenvalue weighted by Gasteiger charge is 2.23. The molecule has 3 aromatic rings. The number of pyridine rings is 1. The van der Waals surface area contributed by atoms with Crippen molar-refractivity contribution in [1.82, 2.24) is 24.3 Å². The van der Waals surface area contributed by atoms with Crippen LogP contribution in [0.1, 0.15) is 24.2 Å². The van der Waals surface area contributed by atoms with E-state index in [4.69, 9.17) is 16.3 Å². The average molecular weight is 480 g/mol. The van der Waals surface area contributed by atoms with E-state index in [2.05, 4.69) is 15.2 Å². The second-order valence-corrected chi connectivity index (χ2v) is 8.48. The first-order chi connectivity index (χ1) is 16.3. The van der Waals surface area contributed by atoms with Crippen molar-refractivity contribution in [3.05, 3.63) is 89.1 Å². The molecule has 0 saturated heterocycles. The molecule has 9 heteroatoms. The second kappa shape index (κ2) is 8.53. The first-order valence-corrected chi connectivity index (χ1v) is 10.9. The molecular formula is C25H20ClF2N5O. The number of aromatic nitrogens is 5. The number of fused-ring (bicyclic) bond motifs is 1. The van der Waals surface area contributed by atoms with E-state index in [9.17, 15) is 8.78 Å². The molecule has 2 aliphatic rings. The zero-order chi connectivity index (χ0) is 24.0. The third kappa shape index (κ3) is 3.90. The maximum absolute atomic E-state index is 13.8. The van der Waals surface area contributed by atoms with Crippen LogP contribution < -0.4 is 4.74 Å². The lowest BCUT2D eigenvalue weighted by molar-refractivity contribution is 0.413. The minimum absolute atomic E-state index is 0.433. The number of imidazole rings is 1. The van der Waals surface area contributed by atoms with Crippen molar-refractivity contribution in [2.45, 2.75) is 19.9 Å². The fourth-order valence-corrected chi connectivity index (χ4v) is 4.29. The van der Waals surface area contributed by atoms with Crippen LogP contribution in [0.5, 0.6) is 5.75 Å². The first-order valence-electron chi connectivity index (χ1n) is 10.5. The molecule has 0 amide bonds. The summed E-state index contributed by atoms with van der Waals surface area (Å²) >= 11 is 6.44. The molecule has 5 rings (SSSR count). The largest absolute Gasteiger partial charge is 0.495 e. The van der Waals surface area contributed by atoms with Gasteiger partial charge in [-0.25, -0.2) is 13.8 Å². The van der Waals surface area contributed by atoms with Crippen LogP contribution in [0.15, 0.2) is 61.2 Å². The molecule has 172 valence electrons. The third-order valence-electron chi connectivity index (χ3n) is 5.76. The van der Waals surface area contributed by atoms with E-state index in [1.54, 1.807) is 30.3 Å². The lowest BCUT2D eigenvalue weighted by Gasteiger charge is -2.20. The first kappa shape index (κ1) is 22.0. The summed E-state index contributed by atoms with van der Waals surface area (Å²) in [4.78, 5) is 4.27. The van der Waals surface area contributed by atoms with Gasteiger partial charge in [-0.15, -0.1) is 10.2 Å². The molecule has 34 heavy (non-hydrogen) atoms. The van der Waals surface area contributed by atoms with Crippen molar-refractivity contribution in [2.75, 3.05) is 7.11 Å². The van der Waals surface area contributed by atoms with E-state index < -0.39 is 17.7 Å². The normalized spacial score (nSPS) is 12.3. The quantitative estimate of drug-likeness (QED) is 0.306. The van der Waals surface area contributed by atoms with Crippen LogP contribution in [-0.4, -0.2) is 31.4 Å². The van der Waals surface area contributed by atoms with Crippen LogP contribution in [-0.2, 0) is 0 Å². The summed E-state index contributed by atoms with van der Waals surface area (Å²) < 4.78 is 36.9. The van der Waals surface area contributed by atoms with E-state index in [0.29, 0.717) is 33.4 Å². The number of halogens is 3. The van der Waals surface area contributed by atoms with Gasteiger partial charge in [0.2, 0.25) is 0 Å². The van der Waals surface area contributed by atoms with Gasteiger partial charge in [0.15, 0.2) is 5.82 Å². The fourth-order valence-electron chi connectivity index (χ4n) is 4.08. The van der Waals surface area contributed by atoms with Crippen molar-refractivity contribution in [3.8, 4) is 34.1 Å². The highest BCUT2D eigenvalue weighted by atomic mass is 35.5. The Morgan fingerprint density at radius 3 is 2.44 bits per heavy atom. The minimum atomic E-state index is -0.643. The Kier molecular flexibility index (Phi) is 5.53. The minimum Gasteiger partial charge on any atom is -0.495 e. The standard InChI is InChI=1S/C25H20ClF2N5O/c1-14-11-32(13-29-14)22-5-4-16(8-23(22)34-3)24-21-9-18(26)12-33(25(21)31-30-24)15(2)17-6-19(27)10-20(28)7-17/h4-13,15H,1-3H3/t15-/m1/s1. The molecule has 0 N–H and O–H groups in total. The summed E-state index contributed by atoms with van der Waals surface area (Å²) in [7, 11) is 1.60. The smallest absolute Gasteiger partial charge is 0.165 e. The summed E-state index contributed by atoms with van der Waals surface area (Å²) in [6.07, 6.45) is 5.32. The molecular weight excluding hydrogens is 460 g/mol. The highest BCUT2D eigenvalue weighted by Crippen LogP contribution is 2.38. The van der Waals surface area contributed by atoms with Gasteiger partial charge >= 0.3 is 0 Å². The van der Waals surface area contributed by atoms with E-state index in [1.807, 2.05) is 42.8 Å². The van der Waals surface area contributed by atoms with Gasteiger partial charge in [-0.2, -0.15) is 0 Å². The number of ether oxygens (including phenoxy) is 1. The van der Waals surface area contributed by atoms with Gasteiger partial charge in [0.1, 0.15) is 23.1 Å². The van der Waals surface area contributed by atoms with Gasteiger partial charge in [0.05, 0.1) is 35.9 Å². The molecule has 0 aliphatic carbocycles. The summed E-state index contributed by atoms with van der Waals surface area (Å²) in [5.41, 5.74) is 4.31. The molecule has 1 aromatic heterocycles. The molecule has 0 saturated carbocycles. The number of nitrogens with zero attached hydrogens (tertiary/aromatic N) is 5.